The van der Waals surface area contributed by atoms with Crippen LogP contribution < -0.4 is 0 Å². The monoisotopic (exact) mass is 264 g/mol. The Labute approximate surface area is 118 Å². The van der Waals surface area contributed by atoms with Gasteiger partial charge in [0, 0.05) is 13.3 Å². The molecule has 0 aromatic rings. The lowest BCUT2D eigenvalue weighted by Gasteiger charge is -2.15. The minimum Gasteiger partial charge on any atom is -0.432 e. The maximum atomic E-state index is 10.9. The van der Waals surface area contributed by atoms with Crippen LogP contribution in [0.5, 0.6) is 0 Å². The molecule has 0 aromatic heterocycles. The molecular formula is C17H28O2. The van der Waals surface area contributed by atoms with Crippen LogP contribution in [-0.2, 0) is 9.53 Å². The molecule has 0 rings (SSSR count). The lowest BCUT2D eigenvalue weighted by Crippen LogP contribution is -2.01. The van der Waals surface area contributed by atoms with E-state index >= 15 is 0 Å². The molecule has 1 unspecified atom stereocenters. The van der Waals surface area contributed by atoms with Gasteiger partial charge in [0.05, 0.1) is 0 Å². The summed E-state index contributed by atoms with van der Waals surface area (Å²) in [5, 5.41) is 0. The molecule has 0 aliphatic heterocycles. The van der Waals surface area contributed by atoms with Crippen molar-refractivity contribution < 1.29 is 9.53 Å². The Bertz CT molecular complexity index is 326. The molecule has 0 amide bonds. The fourth-order valence-corrected chi connectivity index (χ4v) is 2.03. The molecule has 0 saturated heterocycles. The summed E-state index contributed by atoms with van der Waals surface area (Å²) in [5.41, 5.74) is 1.25. The second-order valence-corrected chi connectivity index (χ2v) is 4.96. The summed E-state index contributed by atoms with van der Waals surface area (Å²) in [6, 6.07) is 0. The van der Waals surface area contributed by atoms with Crippen molar-refractivity contribution in [2.75, 3.05) is 0 Å². The maximum Gasteiger partial charge on any atom is 0.307 e. The fourth-order valence-electron chi connectivity index (χ4n) is 2.03. The highest BCUT2D eigenvalue weighted by Gasteiger charge is 2.08. The summed E-state index contributed by atoms with van der Waals surface area (Å²) < 4.78 is 5.11. The average Bonchev–Trinajstić information content (AvgIpc) is 2.35. The largest absolute Gasteiger partial charge is 0.432 e. The Morgan fingerprint density at radius 2 is 1.95 bits per heavy atom. The molecule has 0 aliphatic carbocycles. The van der Waals surface area contributed by atoms with Crippen molar-refractivity contribution in [1.82, 2.24) is 0 Å². The standard InChI is InChI=1S/C17H28O2/c1-6-8-11-16(14(3)4)12-9-10-13-17(7-2)19-15(5)18/h6,13,16H,1,3,7-12H2,2,4-5H3. The van der Waals surface area contributed by atoms with Crippen LogP contribution in [0.3, 0.4) is 0 Å². The number of esters is 1. The van der Waals surface area contributed by atoms with Crippen molar-refractivity contribution in [1.29, 1.82) is 0 Å². The second-order valence-electron chi connectivity index (χ2n) is 4.96. The van der Waals surface area contributed by atoms with Gasteiger partial charge in [-0.2, -0.15) is 0 Å². The van der Waals surface area contributed by atoms with Crippen LogP contribution in [0.15, 0.2) is 36.6 Å². The van der Waals surface area contributed by atoms with Gasteiger partial charge in [0.1, 0.15) is 5.76 Å². The minimum absolute atomic E-state index is 0.237. The average molecular weight is 264 g/mol. The normalized spacial score (nSPS) is 12.9. The van der Waals surface area contributed by atoms with Crippen LogP contribution in [0.4, 0.5) is 0 Å². The third-order valence-corrected chi connectivity index (χ3v) is 3.17. The molecule has 0 saturated carbocycles. The van der Waals surface area contributed by atoms with Crippen molar-refractivity contribution >= 4 is 5.97 Å². The SMILES string of the molecule is C=CCCC(CCCC=C(CC)OC(C)=O)C(=C)C. The zero-order chi connectivity index (χ0) is 14.7. The number of rotatable bonds is 10. The van der Waals surface area contributed by atoms with Crippen molar-refractivity contribution in [2.45, 2.75) is 59.3 Å². The molecule has 0 heterocycles. The molecule has 108 valence electrons. The van der Waals surface area contributed by atoms with Gasteiger partial charge in [0.25, 0.3) is 0 Å². The minimum atomic E-state index is -0.237. The Hall–Kier alpha value is -1.31. The summed E-state index contributed by atoms with van der Waals surface area (Å²) in [4.78, 5) is 10.9. The van der Waals surface area contributed by atoms with Crippen LogP contribution in [-0.4, -0.2) is 5.97 Å². The summed E-state index contributed by atoms with van der Waals surface area (Å²) in [6.07, 6.45) is 10.1. The van der Waals surface area contributed by atoms with Gasteiger partial charge < -0.3 is 4.74 Å². The summed E-state index contributed by atoms with van der Waals surface area (Å²) in [6.45, 7) is 13.4. The predicted octanol–water partition coefficient (Wildman–Crippen LogP) is 5.17. The van der Waals surface area contributed by atoms with Crippen molar-refractivity contribution in [3.05, 3.63) is 36.6 Å². The van der Waals surface area contributed by atoms with Gasteiger partial charge in [-0.1, -0.05) is 25.2 Å². The molecule has 0 spiro atoms. The predicted molar refractivity (Wildman–Crippen MR) is 81.7 cm³/mol. The van der Waals surface area contributed by atoms with Crippen LogP contribution in [0.25, 0.3) is 0 Å². The molecule has 19 heavy (non-hydrogen) atoms. The fraction of sp³-hybridized carbons (Fsp3) is 0.588. The first-order valence-corrected chi connectivity index (χ1v) is 7.15. The first kappa shape index (κ1) is 17.7. The first-order chi connectivity index (χ1) is 9.01. The number of hydrogen-bond donors (Lipinski definition) is 0. The van der Waals surface area contributed by atoms with Gasteiger partial charge >= 0.3 is 5.97 Å². The number of ether oxygens (including phenoxy) is 1. The molecular weight excluding hydrogens is 236 g/mol. The summed E-state index contributed by atoms with van der Waals surface area (Å²) in [7, 11) is 0. The van der Waals surface area contributed by atoms with Gasteiger partial charge in [0.2, 0.25) is 0 Å². The zero-order valence-corrected chi connectivity index (χ0v) is 12.7. The molecule has 1 atom stereocenters. The van der Waals surface area contributed by atoms with E-state index in [1.54, 1.807) is 0 Å². The van der Waals surface area contributed by atoms with E-state index in [0.717, 1.165) is 44.3 Å². The van der Waals surface area contributed by atoms with Crippen molar-refractivity contribution in [2.24, 2.45) is 5.92 Å². The van der Waals surface area contributed by atoms with Gasteiger partial charge in [-0.05, 0) is 51.0 Å². The van der Waals surface area contributed by atoms with Crippen molar-refractivity contribution in [3.8, 4) is 0 Å². The van der Waals surface area contributed by atoms with E-state index in [2.05, 4.69) is 20.1 Å². The number of carbonyl (C=O) groups excluding carboxylic acids is 1. The van der Waals surface area contributed by atoms with Gasteiger partial charge in [0.15, 0.2) is 0 Å². The first-order valence-electron chi connectivity index (χ1n) is 7.15. The van der Waals surface area contributed by atoms with Crippen LogP contribution in [0.2, 0.25) is 0 Å². The zero-order valence-electron chi connectivity index (χ0n) is 12.7. The van der Waals surface area contributed by atoms with E-state index in [1.165, 1.54) is 12.5 Å². The third kappa shape index (κ3) is 9.29. The van der Waals surface area contributed by atoms with Crippen LogP contribution in [0, 0.1) is 5.92 Å². The Morgan fingerprint density at radius 1 is 1.26 bits per heavy atom. The number of unbranched alkanes of at least 4 members (excludes halogenated alkanes) is 1. The van der Waals surface area contributed by atoms with Crippen LogP contribution >= 0.6 is 0 Å². The maximum absolute atomic E-state index is 10.9. The highest BCUT2D eigenvalue weighted by molar-refractivity contribution is 5.67. The highest BCUT2D eigenvalue weighted by Crippen LogP contribution is 2.22. The molecule has 0 N–H and O–H groups in total. The Kier molecular flexibility index (Phi) is 9.87. The van der Waals surface area contributed by atoms with E-state index in [-0.39, 0.29) is 5.97 Å². The topological polar surface area (TPSA) is 26.3 Å². The Morgan fingerprint density at radius 3 is 2.42 bits per heavy atom. The summed E-state index contributed by atoms with van der Waals surface area (Å²) >= 11 is 0. The third-order valence-electron chi connectivity index (χ3n) is 3.17. The van der Waals surface area contributed by atoms with E-state index in [1.807, 2.05) is 19.1 Å². The van der Waals surface area contributed by atoms with E-state index in [4.69, 9.17) is 4.74 Å². The van der Waals surface area contributed by atoms with Gasteiger partial charge in [-0.15, -0.1) is 6.58 Å². The lowest BCUT2D eigenvalue weighted by molar-refractivity contribution is -0.137. The number of allylic oxidation sites excluding steroid dienone is 4. The molecule has 0 aliphatic rings. The highest BCUT2D eigenvalue weighted by atomic mass is 16.5. The molecule has 0 aromatic carbocycles. The number of hydrogen-bond acceptors (Lipinski definition) is 2. The molecule has 2 nitrogen and oxygen atoms in total. The van der Waals surface area contributed by atoms with E-state index in [9.17, 15) is 4.79 Å². The quantitative estimate of drug-likeness (QED) is 0.235. The smallest absolute Gasteiger partial charge is 0.307 e. The second kappa shape index (κ2) is 10.6. The van der Waals surface area contributed by atoms with Gasteiger partial charge in [-0.25, -0.2) is 0 Å². The summed E-state index contributed by atoms with van der Waals surface area (Å²) in [5.74, 6) is 1.12. The van der Waals surface area contributed by atoms with E-state index < -0.39 is 0 Å². The Balaban J connectivity index is 4.09. The molecule has 0 bridgehead atoms. The molecule has 2 heteroatoms. The van der Waals surface area contributed by atoms with Crippen LogP contribution in [0.1, 0.15) is 59.3 Å². The molecule has 0 fully saturated rings. The van der Waals surface area contributed by atoms with Gasteiger partial charge in [-0.3, -0.25) is 4.79 Å². The number of carbonyl (C=O) groups is 1. The molecule has 0 radical (unpaired) electrons. The van der Waals surface area contributed by atoms with Crippen molar-refractivity contribution in [3.63, 3.8) is 0 Å². The lowest BCUT2D eigenvalue weighted by atomic mass is 9.91. The van der Waals surface area contributed by atoms with E-state index in [0.29, 0.717) is 5.92 Å².